The summed E-state index contributed by atoms with van der Waals surface area (Å²) in [7, 11) is 3.30. The number of ketones is 1. The molecule has 4 heteroatoms. The second-order valence-electron chi connectivity index (χ2n) is 6.22. The second-order valence-corrected chi connectivity index (χ2v) is 6.22. The Bertz CT molecular complexity index is 750. The minimum Gasteiger partial charge on any atom is -0.496 e. The van der Waals surface area contributed by atoms with Crippen molar-refractivity contribution in [2.24, 2.45) is 0 Å². The van der Waals surface area contributed by atoms with Gasteiger partial charge in [0.15, 0.2) is 5.78 Å². The van der Waals surface area contributed by atoms with Crippen molar-refractivity contribution < 1.29 is 19.0 Å². The molecule has 0 amide bonds. The summed E-state index contributed by atoms with van der Waals surface area (Å²) in [6.45, 7) is 4.84. The van der Waals surface area contributed by atoms with Crippen LogP contribution < -0.4 is 14.2 Å². The van der Waals surface area contributed by atoms with Crippen LogP contribution in [0.4, 0.5) is 0 Å². The Morgan fingerprint density at radius 2 is 1.59 bits per heavy atom. The van der Waals surface area contributed by atoms with Crippen LogP contribution in [0.25, 0.3) is 6.08 Å². The Morgan fingerprint density at radius 1 is 0.963 bits per heavy atom. The van der Waals surface area contributed by atoms with Gasteiger partial charge in [-0.15, -0.1) is 0 Å². The van der Waals surface area contributed by atoms with Crippen molar-refractivity contribution in [1.29, 1.82) is 0 Å². The van der Waals surface area contributed by atoms with Crippen LogP contribution in [0.1, 0.15) is 48.2 Å². The van der Waals surface area contributed by atoms with Crippen molar-refractivity contribution in [3.63, 3.8) is 0 Å². The van der Waals surface area contributed by atoms with E-state index >= 15 is 0 Å². The first-order valence-corrected chi connectivity index (χ1v) is 9.33. The normalized spacial score (nSPS) is 10.8. The van der Waals surface area contributed by atoms with Gasteiger partial charge in [-0.25, -0.2) is 0 Å². The van der Waals surface area contributed by atoms with Crippen LogP contribution in [0, 0.1) is 0 Å². The average molecular weight is 368 g/mol. The maximum Gasteiger partial charge on any atom is 0.185 e. The van der Waals surface area contributed by atoms with Crippen molar-refractivity contribution in [1.82, 2.24) is 0 Å². The number of benzene rings is 2. The summed E-state index contributed by atoms with van der Waals surface area (Å²) in [5.74, 6) is 2.27. The van der Waals surface area contributed by atoms with Gasteiger partial charge in [-0.2, -0.15) is 0 Å². The Kier molecular flexibility index (Phi) is 7.93. The first-order valence-electron chi connectivity index (χ1n) is 9.33. The maximum atomic E-state index is 12.4. The van der Waals surface area contributed by atoms with Gasteiger partial charge in [-0.1, -0.05) is 26.3 Å². The van der Waals surface area contributed by atoms with Gasteiger partial charge in [0.2, 0.25) is 0 Å². The monoisotopic (exact) mass is 368 g/mol. The molecule has 2 aromatic rings. The molecule has 0 atom stereocenters. The highest BCUT2D eigenvalue weighted by Crippen LogP contribution is 2.32. The second kappa shape index (κ2) is 10.4. The lowest BCUT2D eigenvalue weighted by molar-refractivity contribution is 0.104. The summed E-state index contributed by atoms with van der Waals surface area (Å²) in [6.07, 6.45) is 6.17. The topological polar surface area (TPSA) is 44.8 Å². The molecule has 0 N–H and O–H groups in total. The zero-order valence-corrected chi connectivity index (χ0v) is 16.6. The van der Waals surface area contributed by atoms with Crippen molar-refractivity contribution in [3.8, 4) is 17.2 Å². The molecule has 0 aliphatic heterocycles. The number of ether oxygens (including phenoxy) is 3. The van der Waals surface area contributed by atoms with E-state index in [1.54, 1.807) is 38.5 Å². The van der Waals surface area contributed by atoms with Crippen molar-refractivity contribution in [3.05, 3.63) is 59.2 Å². The average Bonchev–Trinajstić information content (AvgIpc) is 2.71. The molecule has 0 saturated heterocycles. The van der Waals surface area contributed by atoms with Gasteiger partial charge >= 0.3 is 0 Å². The number of carbonyl (C=O) groups is 1. The van der Waals surface area contributed by atoms with Crippen LogP contribution in [0.5, 0.6) is 17.2 Å². The number of carbonyl (C=O) groups excluding carboxylic acids is 1. The Labute approximate surface area is 161 Å². The molecule has 0 aliphatic carbocycles. The molecule has 2 aromatic carbocycles. The molecule has 27 heavy (non-hydrogen) atoms. The summed E-state index contributed by atoms with van der Waals surface area (Å²) in [5.41, 5.74) is 2.53. The van der Waals surface area contributed by atoms with E-state index in [0.29, 0.717) is 12.2 Å². The number of hydrogen-bond acceptors (Lipinski definition) is 4. The first-order chi connectivity index (χ1) is 13.1. The molecule has 0 aromatic heterocycles. The standard InChI is InChI=1S/C23H28O4/c1-5-7-20-22(25-3)15-17(16-23(20)26-4)8-13-21(24)18-9-11-19(12-10-18)27-14-6-2/h8-13,15-16H,5-7,14H2,1-4H3. The summed E-state index contributed by atoms with van der Waals surface area (Å²) >= 11 is 0. The Hall–Kier alpha value is -2.75. The molecule has 2 rings (SSSR count). The highest BCUT2D eigenvalue weighted by molar-refractivity contribution is 6.06. The summed E-state index contributed by atoms with van der Waals surface area (Å²) in [6, 6.07) is 11.1. The van der Waals surface area contributed by atoms with E-state index in [0.717, 1.165) is 47.6 Å². The molecule has 0 unspecified atom stereocenters. The third-order valence-corrected chi connectivity index (χ3v) is 4.17. The molecule has 0 saturated carbocycles. The van der Waals surface area contributed by atoms with E-state index < -0.39 is 0 Å². The number of hydrogen-bond donors (Lipinski definition) is 0. The van der Waals surface area contributed by atoms with Gasteiger partial charge in [0.1, 0.15) is 17.2 Å². The molecule has 144 valence electrons. The quantitative estimate of drug-likeness (QED) is 0.419. The fourth-order valence-corrected chi connectivity index (χ4v) is 2.80. The van der Waals surface area contributed by atoms with E-state index in [-0.39, 0.29) is 5.78 Å². The molecular formula is C23H28O4. The SMILES string of the molecule is CCCOc1ccc(C(=O)C=Cc2cc(OC)c(CCC)c(OC)c2)cc1. The Balaban J connectivity index is 2.17. The third-order valence-electron chi connectivity index (χ3n) is 4.17. The third kappa shape index (κ3) is 5.61. The Morgan fingerprint density at radius 3 is 2.11 bits per heavy atom. The van der Waals surface area contributed by atoms with Gasteiger partial charge in [0, 0.05) is 11.1 Å². The zero-order chi connectivity index (χ0) is 19.6. The van der Waals surface area contributed by atoms with Gasteiger partial charge in [0.05, 0.1) is 20.8 Å². The maximum absolute atomic E-state index is 12.4. The molecule has 0 spiro atoms. The van der Waals surface area contributed by atoms with Crippen LogP contribution in [-0.4, -0.2) is 26.6 Å². The van der Waals surface area contributed by atoms with Crippen LogP contribution in [0.2, 0.25) is 0 Å². The lowest BCUT2D eigenvalue weighted by Gasteiger charge is -2.13. The molecule has 0 aliphatic rings. The minimum absolute atomic E-state index is 0.0624. The molecule has 0 bridgehead atoms. The summed E-state index contributed by atoms with van der Waals surface area (Å²) in [4.78, 5) is 12.4. The smallest absolute Gasteiger partial charge is 0.185 e. The highest BCUT2D eigenvalue weighted by atomic mass is 16.5. The molecule has 0 fully saturated rings. The fraction of sp³-hybridized carbons (Fsp3) is 0.348. The molecule has 0 radical (unpaired) electrons. The van der Waals surface area contributed by atoms with Crippen LogP contribution in [0.3, 0.4) is 0 Å². The lowest BCUT2D eigenvalue weighted by Crippen LogP contribution is -1.98. The fourth-order valence-electron chi connectivity index (χ4n) is 2.80. The minimum atomic E-state index is -0.0624. The predicted molar refractivity (Wildman–Crippen MR) is 109 cm³/mol. The summed E-state index contributed by atoms with van der Waals surface area (Å²) < 4.78 is 16.6. The molecule has 0 heterocycles. The van der Waals surface area contributed by atoms with E-state index in [1.165, 1.54) is 0 Å². The van der Waals surface area contributed by atoms with Gasteiger partial charge < -0.3 is 14.2 Å². The van der Waals surface area contributed by atoms with E-state index in [2.05, 4.69) is 13.8 Å². The summed E-state index contributed by atoms with van der Waals surface area (Å²) in [5, 5.41) is 0. The van der Waals surface area contributed by atoms with Crippen LogP contribution in [-0.2, 0) is 6.42 Å². The van der Waals surface area contributed by atoms with Gasteiger partial charge in [-0.05, 0) is 60.9 Å². The number of methoxy groups -OCH3 is 2. The number of rotatable bonds is 10. The van der Waals surface area contributed by atoms with Crippen LogP contribution >= 0.6 is 0 Å². The largest absolute Gasteiger partial charge is 0.496 e. The van der Waals surface area contributed by atoms with Gasteiger partial charge in [0.25, 0.3) is 0 Å². The van der Waals surface area contributed by atoms with Crippen molar-refractivity contribution in [2.45, 2.75) is 33.1 Å². The predicted octanol–water partition coefficient (Wildman–Crippen LogP) is 5.34. The zero-order valence-electron chi connectivity index (χ0n) is 16.6. The highest BCUT2D eigenvalue weighted by Gasteiger charge is 2.11. The molecule has 4 nitrogen and oxygen atoms in total. The van der Waals surface area contributed by atoms with Crippen molar-refractivity contribution >= 4 is 11.9 Å². The van der Waals surface area contributed by atoms with Crippen molar-refractivity contribution in [2.75, 3.05) is 20.8 Å². The first kappa shape index (κ1) is 20.6. The van der Waals surface area contributed by atoms with Gasteiger partial charge in [-0.3, -0.25) is 4.79 Å². The lowest BCUT2D eigenvalue weighted by atomic mass is 10.0. The van der Waals surface area contributed by atoms with E-state index in [4.69, 9.17) is 14.2 Å². The van der Waals surface area contributed by atoms with E-state index in [9.17, 15) is 4.79 Å². The van der Waals surface area contributed by atoms with E-state index in [1.807, 2.05) is 24.3 Å². The molecular weight excluding hydrogens is 340 g/mol. The number of allylic oxidation sites excluding steroid dienone is 1. The van der Waals surface area contributed by atoms with Crippen LogP contribution in [0.15, 0.2) is 42.5 Å².